The topological polar surface area (TPSA) is 247 Å². The van der Waals surface area contributed by atoms with Gasteiger partial charge in [0.05, 0.1) is 0 Å². The van der Waals surface area contributed by atoms with Crippen LogP contribution in [0.1, 0.15) is 27.8 Å². The molecule has 337 valence electrons. The molecular weight excluding hydrogens is 1010 g/mol. The maximum absolute atomic E-state index is 12.9. The molecule has 2 aromatic heterocycles. The van der Waals surface area contributed by atoms with Crippen molar-refractivity contribution >= 4 is 148 Å². The van der Waals surface area contributed by atoms with Gasteiger partial charge in [-0.05, 0) is 0 Å². The summed E-state index contributed by atoms with van der Waals surface area (Å²) in [7, 11) is -14.1. The van der Waals surface area contributed by atoms with E-state index in [0.717, 1.165) is 16.3 Å². The van der Waals surface area contributed by atoms with E-state index in [2.05, 4.69) is 0 Å². The van der Waals surface area contributed by atoms with Crippen LogP contribution in [0.15, 0.2) is 166 Å². The second-order valence-corrected chi connectivity index (χ2v) is 24.2. The standard InChI is InChI=1S/C49H26N8O9S3.Ga/c1-22-6-2-7-23-14-31-35(18-27(22)23)46-50-42(31)52-47-37-20-29-25(9-4-12-40(29)68(61,62)63)16-33(37)44(54-47)56-49-38-21-30-26(10-5-13-41(30)69(64,65)66)17-34(38)45(57-49)55-48-36-19-28-24(15-32(36)43(51-46)53-48)8-3-11-39(28)67(58,59)60;/h2-21H,1H3,(H3-2,50,51,52,53,54,55,56,57,58,59,60,61,62,63,64,65,66);/q-2;+2. The molecule has 14 rings (SSSR count). The fraction of sp³-hybridized carbons (Fsp3) is 0.0204. The third-order valence-electron chi connectivity index (χ3n) is 13.3. The van der Waals surface area contributed by atoms with Gasteiger partial charge in [0, 0.05) is 0 Å². The molecule has 21 heteroatoms. The first kappa shape index (κ1) is 41.5. The number of aliphatic imine (C=N–C) groups is 4. The third-order valence-corrected chi connectivity index (χ3v) is 19.1. The molecule has 4 aliphatic heterocycles. The molecule has 0 unspecified atom stereocenters. The van der Waals surface area contributed by atoms with Crippen LogP contribution in [0, 0.1) is 6.92 Å². The van der Waals surface area contributed by atoms with E-state index in [-0.39, 0.29) is 42.5 Å². The van der Waals surface area contributed by atoms with E-state index in [9.17, 15) is 38.9 Å². The molecule has 70 heavy (non-hydrogen) atoms. The summed E-state index contributed by atoms with van der Waals surface area (Å²) in [4.78, 5) is 30.6. The normalized spacial score (nSPS) is 15.0. The van der Waals surface area contributed by atoms with Crippen molar-refractivity contribution in [2.75, 3.05) is 0 Å². The summed E-state index contributed by atoms with van der Waals surface area (Å²) >= 11 is -2.34. The van der Waals surface area contributed by atoms with Crippen LogP contribution in [-0.4, -0.2) is 86.7 Å². The second-order valence-electron chi connectivity index (χ2n) is 17.4. The average Bonchev–Trinajstić information content (AvgIpc) is 3.99. The van der Waals surface area contributed by atoms with Gasteiger partial charge < -0.3 is 0 Å². The number of hydrogen-bond acceptors (Lipinski definition) is 12. The molecule has 0 aliphatic carbocycles. The molecule has 0 fully saturated rings. The number of aromatic nitrogens is 2. The number of amidine groups is 4. The van der Waals surface area contributed by atoms with Gasteiger partial charge in [-0.3, -0.25) is 0 Å². The van der Waals surface area contributed by atoms with Crippen molar-refractivity contribution in [2.24, 2.45) is 30.0 Å². The Morgan fingerprint density at radius 3 is 1.27 bits per heavy atom. The van der Waals surface area contributed by atoms with E-state index in [4.69, 9.17) is 30.0 Å². The molecule has 0 spiro atoms. The SMILES string of the molecule is Cc1cccc2cc3c(cc12)C1=NC3=Nc2c3cc4c(S(=O)(=O)O)cccc4cc3c3[n]2[Ga][n]2c(c4cc5cccc(S(=O)(=O)O)c5cc4c2=NC2=NC(=N3)c3cc4c(S(=O)(=O)O)cccc4cc32)=N1. The first-order valence-electron chi connectivity index (χ1n) is 21.3. The van der Waals surface area contributed by atoms with Crippen LogP contribution in [0.4, 0.5) is 11.6 Å². The van der Waals surface area contributed by atoms with Crippen molar-refractivity contribution in [2.45, 2.75) is 21.6 Å². The first-order chi connectivity index (χ1) is 33.5. The summed E-state index contributed by atoms with van der Waals surface area (Å²) in [5.41, 5.74) is 4.01. The zero-order valence-corrected chi connectivity index (χ0v) is 40.6. The fourth-order valence-electron chi connectivity index (χ4n) is 10.2. The average molecular weight is 1040 g/mol. The van der Waals surface area contributed by atoms with E-state index in [1.165, 1.54) is 30.3 Å². The van der Waals surface area contributed by atoms with Crippen molar-refractivity contribution in [1.29, 1.82) is 0 Å². The zero-order chi connectivity index (χ0) is 47.9. The summed E-state index contributed by atoms with van der Waals surface area (Å²) < 4.78 is 113. The monoisotopic (exact) mass is 1040 g/mol. The third kappa shape index (κ3) is 5.91. The van der Waals surface area contributed by atoms with Crippen molar-refractivity contribution in [1.82, 2.24) is 6.55 Å². The van der Waals surface area contributed by atoms with Crippen LogP contribution in [0.25, 0.3) is 64.6 Å². The minimum atomic E-state index is -4.72. The first-order valence-corrected chi connectivity index (χ1v) is 27.8. The number of benzene rings is 8. The number of aryl methyl sites for hydroxylation is 1. The van der Waals surface area contributed by atoms with E-state index in [1.807, 2.05) is 43.8 Å². The molecule has 8 aromatic carbocycles. The number of fused-ring (bicyclic) bond motifs is 18. The summed E-state index contributed by atoms with van der Waals surface area (Å²) in [6.45, 7) is 2.02. The van der Waals surface area contributed by atoms with Gasteiger partial charge in [0.25, 0.3) is 0 Å². The maximum atomic E-state index is 12.9. The van der Waals surface area contributed by atoms with E-state index in [0.29, 0.717) is 94.2 Å². The Morgan fingerprint density at radius 1 is 0.386 bits per heavy atom. The molecule has 1 radical (unpaired) electrons. The van der Waals surface area contributed by atoms with Gasteiger partial charge >= 0.3 is 405 Å². The Labute approximate surface area is 402 Å². The van der Waals surface area contributed by atoms with Gasteiger partial charge in [-0.15, -0.1) is 0 Å². The van der Waals surface area contributed by atoms with Crippen LogP contribution >= 0.6 is 0 Å². The molecule has 6 bridgehead atoms. The van der Waals surface area contributed by atoms with Gasteiger partial charge in [0.2, 0.25) is 0 Å². The van der Waals surface area contributed by atoms with Gasteiger partial charge in [-0.2, -0.15) is 0 Å². The predicted molar refractivity (Wildman–Crippen MR) is 265 cm³/mol. The van der Waals surface area contributed by atoms with Gasteiger partial charge in [0.15, 0.2) is 0 Å². The summed E-state index contributed by atoms with van der Waals surface area (Å²) in [6.07, 6.45) is 0. The Balaban J connectivity index is 1.22. The van der Waals surface area contributed by atoms with E-state index < -0.39 is 48.2 Å². The molecule has 0 saturated heterocycles. The molecule has 0 atom stereocenters. The van der Waals surface area contributed by atoms with Crippen LogP contribution in [0.5, 0.6) is 0 Å². The molecule has 3 N–H and O–H groups in total. The van der Waals surface area contributed by atoms with Crippen LogP contribution in [-0.2, 0) is 30.4 Å². The van der Waals surface area contributed by atoms with Crippen molar-refractivity contribution in [3.8, 4) is 0 Å². The van der Waals surface area contributed by atoms with Crippen LogP contribution in [0.2, 0.25) is 0 Å². The Morgan fingerprint density at radius 2 is 0.757 bits per heavy atom. The fourth-order valence-corrected chi connectivity index (χ4v) is 15.4. The van der Waals surface area contributed by atoms with Gasteiger partial charge in [0.1, 0.15) is 0 Å². The van der Waals surface area contributed by atoms with E-state index >= 15 is 0 Å². The number of hydrogen-bond donors (Lipinski definition) is 3. The number of nitrogens with zero attached hydrogens (tertiary/aromatic N) is 8. The Bertz CT molecular complexity index is 4910. The van der Waals surface area contributed by atoms with Crippen LogP contribution < -0.4 is 11.0 Å². The summed E-state index contributed by atoms with van der Waals surface area (Å²) in [6, 6.07) is 33.9. The van der Waals surface area contributed by atoms with Gasteiger partial charge in [-0.25, -0.2) is 0 Å². The second kappa shape index (κ2) is 13.9. The number of rotatable bonds is 3. The molecule has 0 saturated carbocycles. The molecule has 0 amide bonds. The minimum absolute atomic E-state index is 0.137. The molecule has 17 nitrogen and oxygen atoms in total. The van der Waals surface area contributed by atoms with Crippen LogP contribution in [0.3, 0.4) is 0 Å². The van der Waals surface area contributed by atoms with E-state index in [1.54, 1.807) is 60.7 Å². The van der Waals surface area contributed by atoms with Crippen molar-refractivity contribution < 1.29 is 38.9 Å². The van der Waals surface area contributed by atoms with Crippen molar-refractivity contribution in [3.63, 3.8) is 0 Å². The summed E-state index contributed by atoms with van der Waals surface area (Å²) in [5, 5.41) is 6.00. The zero-order valence-electron chi connectivity index (χ0n) is 35.7. The van der Waals surface area contributed by atoms with Gasteiger partial charge in [-0.1, -0.05) is 0 Å². The Kier molecular flexibility index (Phi) is 8.22. The Hall–Kier alpha value is -7.47. The predicted octanol–water partition coefficient (Wildman–Crippen LogP) is 7.13. The van der Waals surface area contributed by atoms with Crippen molar-refractivity contribution in [3.05, 3.63) is 160 Å². The summed E-state index contributed by atoms with van der Waals surface area (Å²) in [5.74, 6) is 1.69. The molecular formula is C49H26GaN8O9S3. The molecule has 6 heterocycles. The molecule has 10 aromatic rings. The molecule has 4 aliphatic rings. The quantitative estimate of drug-likeness (QED) is 0.120.